The second kappa shape index (κ2) is 9.12. The zero-order chi connectivity index (χ0) is 19.9. The van der Waals surface area contributed by atoms with E-state index in [1.54, 1.807) is 36.7 Å². The highest BCUT2D eigenvalue weighted by molar-refractivity contribution is 7.13. The summed E-state index contributed by atoms with van der Waals surface area (Å²) in [6.07, 6.45) is 1.35. The lowest BCUT2D eigenvalue weighted by molar-refractivity contribution is 0.0710. The lowest BCUT2D eigenvalue weighted by atomic mass is 10.2. The number of hydrogen-bond acceptors (Lipinski definition) is 6. The summed E-state index contributed by atoms with van der Waals surface area (Å²) < 4.78 is 5.71. The van der Waals surface area contributed by atoms with E-state index in [4.69, 9.17) is 9.94 Å². The van der Waals surface area contributed by atoms with Crippen molar-refractivity contribution in [1.29, 1.82) is 0 Å². The van der Waals surface area contributed by atoms with E-state index in [-0.39, 0.29) is 16.8 Å². The van der Waals surface area contributed by atoms with Gasteiger partial charge in [0.15, 0.2) is 0 Å². The Hall–Kier alpha value is -3.23. The Morgan fingerprint density at radius 2 is 1.82 bits per heavy atom. The van der Waals surface area contributed by atoms with Crippen LogP contribution in [0.15, 0.2) is 60.8 Å². The molecule has 0 aliphatic carbocycles. The molecule has 3 aromatic rings. The van der Waals surface area contributed by atoms with Crippen LogP contribution in [0.2, 0.25) is 0 Å². The quantitative estimate of drug-likeness (QED) is 0.419. The van der Waals surface area contributed by atoms with Crippen LogP contribution in [0.3, 0.4) is 0 Å². The van der Waals surface area contributed by atoms with E-state index in [0.29, 0.717) is 22.9 Å². The second-order valence-corrected chi connectivity index (χ2v) is 7.06. The van der Waals surface area contributed by atoms with E-state index in [2.05, 4.69) is 10.3 Å². The average molecular weight is 397 g/mol. The van der Waals surface area contributed by atoms with Gasteiger partial charge in [0.2, 0.25) is 0 Å². The van der Waals surface area contributed by atoms with Crippen LogP contribution in [-0.4, -0.2) is 22.0 Å². The largest absolute Gasteiger partial charge is 0.489 e. The van der Waals surface area contributed by atoms with Crippen LogP contribution in [0.4, 0.5) is 0 Å². The van der Waals surface area contributed by atoms with Crippen molar-refractivity contribution in [3.8, 4) is 5.75 Å². The van der Waals surface area contributed by atoms with Crippen molar-refractivity contribution in [2.45, 2.75) is 19.6 Å². The summed E-state index contributed by atoms with van der Waals surface area (Å²) in [6, 6.07) is 16.3. The van der Waals surface area contributed by atoms with Crippen molar-refractivity contribution in [2.75, 3.05) is 0 Å². The smallest absolute Gasteiger partial charge is 0.286 e. The molecule has 0 aliphatic rings. The Bertz CT molecular complexity index is 942. The molecule has 8 heteroatoms. The van der Waals surface area contributed by atoms with E-state index >= 15 is 0 Å². The number of thiazole rings is 1. The first-order chi connectivity index (χ1) is 13.6. The van der Waals surface area contributed by atoms with Gasteiger partial charge in [0.25, 0.3) is 11.8 Å². The third kappa shape index (κ3) is 4.93. The van der Waals surface area contributed by atoms with Gasteiger partial charge in [0.1, 0.15) is 22.2 Å². The highest BCUT2D eigenvalue weighted by atomic mass is 32.1. The Morgan fingerprint density at radius 3 is 2.50 bits per heavy atom. The SMILES string of the molecule is CC(NC(=O)c1ccc(OCc2ccccc2)cc1)c1ncc(C(=O)NO)s1. The van der Waals surface area contributed by atoms with Gasteiger partial charge < -0.3 is 10.1 Å². The van der Waals surface area contributed by atoms with Crippen LogP contribution in [0.1, 0.15) is 43.6 Å². The van der Waals surface area contributed by atoms with Gasteiger partial charge in [-0.05, 0) is 36.8 Å². The third-order valence-corrected chi connectivity index (χ3v) is 5.11. The van der Waals surface area contributed by atoms with E-state index in [9.17, 15) is 9.59 Å². The summed E-state index contributed by atoms with van der Waals surface area (Å²) in [6.45, 7) is 2.23. The number of rotatable bonds is 7. The minimum absolute atomic E-state index is 0.259. The number of ether oxygens (including phenoxy) is 1. The van der Waals surface area contributed by atoms with Gasteiger partial charge in [0.05, 0.1) is 12.2 Å². The van der Waals surface area contributed by atoms with Crippen LogP contribution in [-0.2, 0) is 6.61 Å². The fourth-order valence-corrected chi connectivity index (χ4v) is 3.24. The molecule has 0 bridgehead atoms. The molecule has 28 heavy (non-hydrogen) atoms. The van der Waals surface area contributed by atoms with Crippen molar-refractivity contribution in [1.82, 2.24) is 15.8 Å². The summed E-state index contributed by atoms with van der Waals surface area (Å²) in [5.41, 5.74) is 3.11. The molecule has 0 fully saturated rings. The molecule has 144 valence electrons. The Balaban J connectivity index is 1.56. The number of carbonyl (C=O) groups excluding carboxylic acids is 2. The third-order valence-electron chi connectivity index (χ3n) is 3.93. The van der Waals surface area contributed by atoms with E-state index in [1.807, 2.05) is 30.3 Å². The number of hydrogen-bond donors (Lipinski definition) is 3. The van der Waals surface area contributed by atoms with Gasteiger partial charge in [-0.15, -0.1) is 11.3 Å². The number of nitrogens with one attached hydrogen (secondary N) is 2. The van der Waals surface area contributed by atoms with Crippen LogP contribution in [0.5, 0.6) is 5.75 Å². The predicted octanol–water partition coefficient (Wildman–Crippen LogP) is 3.33. The highest BCUT2D eigenvalue weighted by Crippen LogP contribution is 2.21. The molecule has 1 unspecified atom stereocenters. The number of nitrogens with zero attached hydrogens (tertiary/aromatic N) is 1. The molecule has 1 atom stereocenters. The summed E-state index contributed by atoms with van der Waals surface area (Å²) in [5.74, 6) is -0.216. The van der Waals surface area contributed by atoms with E-state index in [1.165, 1.54) is 6.20 Å². The zero-order valence-corrected chi connectivity index (χ0v) is 15.9. The number of benzene rings is 2. The number of hydroxylamine groups is 1. The molecule has 2 aromatic carbocycles. The fraction of sp³-hybridized carbons (Fsp3) is 0.150. The summed E-state index contributed by atoms with van der Waals surface area (Å²) in [7, 11) is 0. The first kappa shape index (κ1) is 19.5. The van der Waals surface area contributed by atoms with Gasteiger partial charge in [-0.2, -0.15) is 0 Å². The van der Waals surface area contributed by atoms with Crippen LogP contribution < -0.4 is 15.5 Å². The molecule has 0 spiro atoms. The highest BCUT2D eigenvalue weighted by Gasteiger charge is 2.17. The van der Waals surface area contributed by atoms with Crippen molar-refractivity contribution in [3.63, 3.8) is 0 Å². The molecular formula is C20H19N3O4S. The van der Waals surface area contributed by atoms with Gasteiger partial charge in [-0.25, -0.2) is 10.5 Å². The van der Waals surface area contributed by atoms with E-state index in [0.717, 1.165) is 16.9 Å². The Labute approximate surface area is 166 Å². The maximum absolute atomic E-state index is 12.4. The molecule has 2 amide bonds. The van der Waals surface area contributed by atoms with Gasteiger partial charge in [-0.1, -0.05) is 30.3 Å². The van der Waals surface area contributed by atoms with Crippen molar-refractivity contribution < 1.29 is 19.5 Å². The summed E-state index contributed by atoms with van der Waals surface area (Å²) in [4.78, 5) is 28.2. The van der Waals surface area contributed by atoms with Gasteiger partial charge in [-0.3, -0.25) is 14.8 Å². The van der Waals surface area contributed by atoms with Crippen LogP contribution in [0.25, 0.3) is 0 Å². The number of amides is 2. The maximum Gasteiger partial charge on any atom is 0.286 e. The first-order valence-corrected chi connectivity index (χ1v) is 9.36. The van der Waals surface area contributed by atoms with Gasteiger partial charge >= 0.3 is 0 Å². The molecule has 0 aliphatic heterocycles. The number of carbonyl (C=O) groups is 2. The normalized spacial score (nSPS) is 11.5. The topological polar surface area (TPSA) is 101 Å². The fourth-order valence-electron chi connectivity index (χ4n) is 2.43. The molecule has 3 N–H and O–H groups in total. The number of aromatic nitrogens is 1. The monoisotopic (exact) mass is 397 g/mol. The standard InChI is InChI=1S/C20H19N3O4S/c1-13(20-21-11-17(28-20)19(25)23-26)22-18(24)15-7-9-16(10-8-15)27-12-14-5-3-2-4-6-14/h2-11,13,26H,12H2,1H3,(H,22,24)(H,23,25). The molecule has 0 saturated carbocycles. The molecule has 0 saturated heterocycles. The van der Waals surface area contributed by atoms with Crippen LogP contribution >= 0.6 is 11.3 Å². The maximum atomic E-state index is 12.4. The molecule has 0 radical (unpaired) electrons. The Morgan fingerprint density at radius 1 is 1.11 bits per heavy atom. The summed E-state index contributed by atoms with van der Waals surface area (Å²) in [5, 5.41) is 12.1. The second-order valence-electron chi connectivity index (χ2n) is 6.00. The Kier molecular flexibility index (Phi) is 6.36. The molecule has 3 rings (SSSR count). The molecule has 1 heterocycles. The summed E-state index contributed by atoms with van der Waals surface area (Å²) >= 11 is 1.10. The van der Waals surface area contributed by atoms with E-state index < -0.39 is 5.91 Å². The van der Waals surface area contributed by atoms with Crippen molar-refractivity contribution in [2.24, 2.45) is 0 Å². The molecule has 7 nitrogen and oxygen atoms in total. The average Bonchev–Trinajstić information content (AvgIpc) is 3.23. The molecular weight excluding hydrogens is 378 g/mol. The predicted molar refractivity (Wildman–Crippen MR) is 104 cm³/mol. The lowest BCUT2D eigenvalue weighted by Gasteiger charge is -2.12. The lowest BCUT2D eigenvalue weighted by Crippen LogP contribution is -2.26. The minimum Gasteiger partial charge on any atom is -0.489 e. The van der Waals surface area contributed by atoms with Crippen molar-refractivity contribution in [3.05, 3.63) is 81.8 Å². The zero-order valence-electron chi connectivity index (χ0n) is 15.1. The first-order valence-electron chi connectivity index (χ1n) is 8.54. The minimum atomic E-state index is -0.631. The van der Waals surface area contributed by atoms with Gasteiger partial charge in [0, 0.05) is 5.56 Å². The van der Waals surface area contributed by atoms with Crippen LogP contribution in [0, 0.1) is 0 Å². The van der Waals surface area contributed by atoms with Crippen molar-refractivity contribution >= 4 is 23.2 Å². The molecule has 1 aromatic heterocycles.